The van der Waals surface area contributed by atoms with E-state index in [-0.39, 0.29) is 0 Å². The summed E-state index contributed by atoms with van der Waals surface area (Å²) in [5, 5.41) is 52.7. The summed E-state index contributed by atoms with van der Waals surface area (Å²) in [5.41, 5.74) is -2.36. The van der Waals surface area contributed by atoms with Crippen molar-refractivity contribution in [2.45, 2.75) is 0 Å². The third-order valence-electron chi connectivity index (χ3n) is 7.67. The maximum Gasteiger partial charge on any atom is 0.171 e. The van der Waals surface area contributed by atoms with E-state index in [9.17, 15) is 17.6 Å². The molecule has 6 aromatic heterocycles. The Morgan fingerprint density at radius 2 is 0.540 bits per heavy atom. The first-order chi connectivity index (χ1) is 24.3. The van der Waals surface area contributed by atoms with Crippen molar-refractivity contribution in [3.8, 4) is 24.3 Å². The van der Waals surface area contributed by atoms with E-state index < -0.39 is 44.9 Å². The van der Waals surface area contributed by atoms with Crippen molar-refractivity contribution < 1.29 is 17.6 Å². The van der Waals surface area contributed by atoms with Crippen molar-refractivity contribution in [1.82, 2.24) is 0 Å². The largest absolute Gasteiger partial charge is 0.203 e. The average Bonchev–Trinajstić information content (AvgIpc) is 3.97. The molecule has 240 valence electrons. The summed E-state index contributed by atoms with van der Waals surface area (Å²) in [6, 6.07) is 17.8. The maximum atomic E-state index is 13.6. The van der Waals surface area contributed by atoms with E-state index in [1.54, 1.807) is 0 Å². The molecule has 0 aliphatic carbocycles. The van der Waals surface area contributed by atoms with Crippen LogP contribution in [0.5, 0.6) is 0 Å². The second-order valence-electron chi connectivity index (χ2n) is 10.2. The minimum Gasteiger partial charge on any atom is -0.203 e. The van der Waals surface area contributed by atoms with Gasteiger partial charge in [0.05, 0.1) is 10.4 Å². The summed E-state index contributed by atoms with van der Waals surface area (Å²) in [6.45, 7) is 0. The number of hydrogen-bond acceptors (Lipinski definition) is 10. The van der Waals surface area contributed by atoms with Gasteiger partial charge in [-0.1, -0.05) is 0 Å². The highest BCUT2D eigenvalue weighted by Gasteiger charge is 2.22. The topological polar surface area (TPSA) is 95.2 Å². The molecule has 0 aliphatic rings. The molecule has 0 amide bonds. The van der Waals surface area contributed by atoms with Gasteiger partial charge in [0.2, 0.25) is 0 Å². The highest BCUT2D eigenvalue weighted by Crippen LogP contribution is 2.43. The zero-order chi connectivity index (χ0) is 35.1. The van der Waals surface area contributed by atoms with E-state index >= 15 is 0 Å². The zero-order valence-electron chi connectivity index (χ0n) is 24.7. The quantitative estimate of drug-likeness (QED) is 0.113. The summed E-state index contributed by atoms with van der Waals surface area (Å²) >= 11 is 11.1. The lowest BCUT2D eigenvalue weighted by Crippen LogP contribution is -2.31. The van der Waals surface area contributed by atoms with Crippen LogP contribution in [0, 0.1) is 68.6 Å². The van der Waals surface area contributed by atoms with Crippen LogP contribution >= 0.6 is 68.0 Å². The number of hydrogen-bond donors (Lipinski definition) is 0. The van der Waals surface area contributed by atoms with E-state index in [4.69, 9.17) is 21.0 Å². The summed E-state index contributed by atoms with van der Waals surface area (Å²) < 4.78 is 63.2. The molecule has 0 spiro atoms. The van der Waals surface area contributed by atoms with Crippen LogP contribution in [0.4, 0.5) is 17.6 Å². The first kappa shape index (κ1) is 33.3. The van der Waals surface area contributed by atoms with Gasteiger partial charge in [-0.05, 0) is 68.7 Å². The number of nitrogens with zero attached hydrogens (tertiary/aromatic N) is 4. The first-order valence-electron chi connectivity index (χ1n) is 14.0. The number of thiophene rings is 6. The molecule has 0 atom stereocenters. The number of halogens is 4. The summed E-state index contributed by atoms with van der Waals surface area (Å²) in [5.74, 6) is -8.11. The van der Waals surface area contributed by atoms with Gasteiger partial charge in [0.15, 0.2) is 23.3 Å². The van der Waals surface area contributed by atoms with Crippen molar-refractivity contribution in [1.29, 1.82) is 21.0 Å². The van der Waals surface area contributed by atoms with Crippen molar-refractivity contribution >= 4 is 140 Å². The molecule has 0 aliphatic heterocycles. The Morgan fingerprint density at radius 3 is 0.700 bits per heavy atom. The normalized spacial score (nSPS) is 10.7. The number of benzene rings is 3. The molecule has 3 aromatic carbocycles. The summed E-state index contributed by atoms with van der Waals surface area (Å²) in [6.07, 6.45) is 0. The molecule has 14 heteroatoms. The lowest BCUT2D eigenvalue weighted by Gasteiger charge is -2.01. The lowest BCUT2D eigenvalue weighted by atomic mass is 10.1. The standard InChI is InChI=1S/C12F4N4.2C12H6S3/c13-9-7(5(1-17)2-18)10(14)12(16)8(11(9)15)6(3-19)4-20;2*1-4-13-10-7(1)11-9(2-5-14-11)12-8(10)3-6-15-12/h;2*1-6H. The van der Waals surface area contributed by atoms with E-state index in [1.807, 2.05) is 68.0 Å². The minimum atomic E-state index is -2.03. The molecule has 9 aromatic rings. The van der Waals surface area contributed by atoms with Crippen LogP contribution in [0.25, 0.3) is 71.7 Å². The Morgan fingerprint density at radius 1 is 0.360 bits per heavy atom. The first-order valence-corrected chi connectivity index (χ1v) is 19.3. The average molecular weight is 769 g/mol. The van der Waals surface area contributed by atoms with E-state index in [1.165, 1.54) is 60.5 Å². The van der Waals surface area contributed by atoms with Crippen molar-refractivity contribution in [2.75, 3.05) is 0 Å². The van der Waals surface area contributed by atoms with Gasteiger partial charge in [0.1, 0.15) is 35.4 Å². The number of nitriles is 4. The zero-order valence-corrected chi connectivity index (χ0v) is 29.6. The molecule has 0 fully saturated rings. The van der Waals surface area contributed by atoms with Crippen LogP contribution in [0.3, 0.4) is 0 Å². The van der Waals surface area contributed by atoms with Gasteiger partial charge >= 0.3 is 0 Å². The fourth-order valence-electron chi connectivity index (χ4n) is 5.52. The molecular formula is C36H12F4N4S6. The molecule has 0 saturated heterocycles. The smallest absolute Gasteiger partial charge is 0.171 e. The fraction of sp³-hybridized carbons (Fsp3) is 0. The van der Waals surface area contributed by atoms with Gasteiger partial charge < -0.3 is 0 Å². The lowest BCUT2D eigenvalue weighted by molar-refractivity contribution is 0.434. The van der Waals surface area contributed by atoms with Crippen LogP contribution in [0.2, 0.25) is 0 Å². The van der Waals surface area contributed by atoms with Gasteiger partial charge in [0, 0.05) is 60.5 Å². The molecule has 0 unspecified atom stereocenters. The highest BCUT2D eigenvalue weighted by atomic mass is 32.1. The van der Waals surface area contributed by atoms with Crippen LogP contribution < -0.4 is 10.4 Å². The summed E-state index contributed by atoms with van der Waals surface area (Å²) in [4.78, 5) is 0. The maximum absolute atomic E-state index is 13.6. The minimum absolute atomic E-state index is 1.09. The molecule has 0 saturated carbocycles. The highest BCUT2D eigenvalue weighted by molar-refractivity contribution is 7.26. The Balaban J connectivity index is 0.000000119. The van der Waals surface area contributed by atoms with Gasteiger partial charge in [-0.15, -0.1) is 68.0 Å². The molecule has 4 nitrogen and oxygen atoms in total. The van der Waals surface area contributed by atoms with Gasteiger partial charge in [0.25, 0.3) is 0 Å². The Bertz CT molecular complexity index is 2440. The third-order valence-corrected chi connectivity index (χ3v) is 13.4. The van der Waals surface area contributed by atoms with Crippen molar-refractivity contribution in [3.63, 3.8) is 0 Å². The Hall–Kier alpha value is -5.16. The van der Waals surface area contributed by atoms with Gasteiger partial charge in [-0.3, -0.25) is 0 Å². The fourth-order valence-corrected chi connectivity index (χ4v) is 11.5. The van der Waals surface area contributed by atoms with E-state index in [0.717, 1.165) is 24.3 Å². The van der Waals surface area contributed by atoms with Crippen LogP contribution in [-0.2, 0) is 0 Å². The Labute approximate surface area is 303 Å². The van der Waals surface area contributed by atoms with Crippen molar-refractivity contribution in [3.05, 3.63) is 102 Å². The monoisotopic (exact) mass is 768 g/mol. The second-order valence-corrected chi connectivity index (χ2v) is 15.7. The molecule has 9 rings (SSSR count). The predicted octanol–water partition coefficient (Wildman–Crippen LogP) is 11.3. The predicted molar refractivity (Wildman–Crippen MR) is 200 cm³/mol. The molecule has 0 radical (unpaired) electrons. The number of rotatable bonds is 0. The van der Waals surface area contributed by atoms with E-state index in [2.05, 4.69) is 68.7 Å². The molecular weight excluding hydrogens is 757 g/mol. The molecule has 0 bridgehead atoms. The van der Waals surface area contributed by atoms with Gasteiger partial charge in [-0.2, -0.15) is 21.0 Å². The second kappa shape index (κ2) is 13.6. The molecule has 0 N–H and O–H groups in total. The third kappa shape index (κ3) is 5.31. The Kier molecular flexibility index (Phi) is 9.09. The van der Waals surface area contributed by atoms with Crippen LogP contribution in [0.15, 0.2) is 68.7 Å². The van der Waals surface area contributed by atoms with Gasteiger partial charge in [-0.25, -0.2) is 17.6 Å². The van der Waals surface area contributed by atoms with E-state index in [0.29, 0.717) is 0 Å². The van der Waals surface area contributed by atoms with Crippen molar-refractivity contribution in [2.24, 2.45) is 0 Å². The number of fused-ring (bicyclic) bond motifs is 12. The SMILES string of the molecule is N#CC(C#N)=c1c(F)c(F)c(=C(C#N)C#N)c(F)c1F.c1cc2c(s1)c1ccsc1c1ccsc21.c1cc2c(s1)c1ccsc1c1ccsc21. The summed E-state index contributed by atoms with van der Waals surface area (Å²) in [7, 11) is 0. The molecule has 6 heterocycles. The van der Waals surface area contributed by atoms with Crippen LogP contribution in [-0.4, -0.2) is 0 Å². The van der Waals surface area contributed by atoms with Crippen LogP contribution in [0.1, 0.15) is 0 Å². The molecule has 50 heavy (non-hydrogen) atoms.